The van der Waals surface area contributed by atoms with Crippen LogP contribution in [0.25, 0.3) is 10.6 Å². The van der Waals surface area contributed by atoms with Crippen molar-refractivity contribution in [3.63, 3.8) is 0 Å². The minimum Gasteiger partial charge on any atom is -0.333 e. The van der Waals surface area contributed by atoms with Crippen LogP contribution < -0.4 is 5.32 Å². The van der Waals surface area contributed by atoms with Crippen LogP contribution in [0.15, 0.2) is 24.3 Å². The van der Waals surface area contributed by atoms with Gasteiger partial charge in [-0.25, -0.2) is 4.98 Å². The Labute approximate surface area is 163 Å². The quantitative estimate of drug-likeness (QED) is 0.815. The molecule has 2 aromatic rings. The SMILES string of the molecule is Cc1nc(-c2ccc(Cl)cc2)sc1C(=O)N1CCNC[C@@H]1C.Cl.Cl. The molecule has 1 aliphatic heterocycles. The lowest BCUT2D eigenvalue weighted by Gasteiger charge is -2.33. The van der Waals surface area contributed by atoms with Crippen LogP contribution in [0.2, 0.25) is 5.02 Å². The molecule has 0 saturated carbocycles. The van der Waals surface area contributed by atoms with Crippen molar-refractivity contribution in [3.8, 4) is 10.6 Å². The number of carbonyl (C=O) groups is 1. The van der Waals surface area contributed by atoms with Gasteiger partial charge in [-0.05, 0) is 26.0 Å². The predicted octanol–water partition coefficient (Wildman–Crippen LogP) is 4.05. The van der Waals surface area contributed by atoms with Crippen LogP contribution >= 0.6 is 47.8 Å². The second kappa shape index (κ2) is 9.02. The fourth-order valence-electron chi connectivity index (χ4n) is 2.58. The van der Waals surface area contributed by atoms with Crippen molar-refractivity contribution >= 4 is 53.7 Å². The summed E-state index contributed by atoms with van der Waals surface area (Å²) in [7, 11) is 0. The topological polar surface area (TPSA) is 45.2 Å². The molecule has 0 bridgehead atoms. The average molecular weight is 409 g/mol. The van der Waals surface area contributed by atoms with Crippen molar-refractivity contribution in [1.82, 2.24) is 15.2 Å². The Bertz CT molecular complexity index is 690. The van der Waals surface area contributed by atoms with Gasteiger partial charge in [0, 0.05) is 36.3 Å². The van der Waals surface area contributed by atoms with Gasteiger partial charge in [0.2, 0.25) is 0 Å². The fraction of sp³-hybridized carbons (Fsp3) is 0.375. The van der Waals surface area contributed by atoms with Crippen molar-refractivity contribution in [3.05, 3.63) is 39.9 Å². The number of nitrogens with one attached hydrogen (secondary N) is 1. The summed E-state index contributed by atoms with van der Waals surface area (Å²) in [5.74, 6) is 0.0872. The van der Waals surface area contributed by atoms with Crippen LogP contribution in [0.1, 0.15) is 22.3 Å². The first-order valence-electron chi connectivity index (χ1n) is 7.31. The van der Waals surface area contributed by atoms with E-state index in [0.29, 0.717) is 5.02 Å². The van der Waals surface area contributed by atoms with Crippen LogP contribution in [0.4, 0.5) is 0 Å². The lowest BCUT2D eigenvalue weighted by Crippen LogP contribution is -2.52. The molecule has 1 N–H and O–H groups in total. The molecule has 1 aromatic carbocycles. The number of aryl methyl sites for hydroxylation is 1. The normalized spacial score (nSPS) is 17.0. The van der Waals surface area contributed by atoms with Gasteiger partial charge in [0.05, 0.1) is 5.69 Å². The second-order valence-electron chi connectivity index (χ2n) is 5.49. The number of carbonyl (C=O) groups excluding carboxylic acids is 1. The lowest BCUT2D eigenvalue weighted by atomic mass is 10.2. The average Bonchev–Trinajstić information content (AvgIpc) is 2.90. The maximum atomic E-state index is 12.8. The van der Waals surface area contributed by atoms with Gasteiger partial charge in [-0.2, -0.15) is 0 Å². The molecule has 0 radical (unpaired) electrons. The molecular weight excluding hydrogens is 389 g/mol. The zero-order chi connectivity index (χ0) is 15.7. The van der Waals surface area contributed by atoms with E-state index in [1.165, 1.54) is 11.3 Å². The Balaban J connectivity index is 0.00000144. The van der Waals surface area contributed by atoms with Crippen LogP contribution in [0.3, 0.4) is 0 Å². The third-order valence-corrected chi connectivity index (χ3v) is 5.29. The molecule has 3 rings (SSSR count). The van der Waals surface area contributed by atoms with Crippen LogP contribution in [0, 0.1) is 6.92 Å². The summed E-state index contributed by atoms with van der Waals surface area (Å²) in [6.45, 7) is 6.40. The smallest absolute Gasteiger partial charge is 0.266 e. The van der Waals surface area contributed by atoms with Crippen molar-refractivity contribution < 1.29 is 4.79 Å². The molecular formula is C16H20Cl3N3OS. The standard InChI is InChI=1S/C16H18ClN3OS.2ClH/c1-10-9-18-7-8-20(10)16(21)14-11(2)19-15(22-14)12-3-5-13(17)6-4-12;;/h3-6,10,18H,7-9H2,1-2H3;2*1H/t10-;;/m0../s1. The molecule has 1 atom stereocenters. The molecule has 24 heavy (non-hydrogen) atoms. The fourth-order valence-corrected chi connectivity index (χ4v) is 3.74. The van der Waals surface area contributed by atoms with Crippen LogP contribution in [0.5, 0.6) is 0 Å². The highest BCUT2D eigenvalue weighted by Gasteiger charge is 2.27. The second-order valence-corrected chi connectivity index (χ2v) is 6.93. The van der Waals surface area contributed by atoms with Gasteiger partial charge >= 0.3 is 0 Å². The highest BCUT2D eigenvalue weighted by Crippen LogP contribution is 2.30. The summed E-state index contributed by atoms with van der Waals surface area (Å²) < 4.78 is 0. The maximum Gasteiger partial charge on any atom is 0.266 e. The van der Waals surface area contributed by atoms with E-state index in [1.54, 1.807) is 0 Å². The van der Waals surface area contributed by atoms with Gasteiger partial charge in [-0.3, -0.25) is 4.79 Å². The first-order valence-corrected chi connectivity index (χ1v) is 8.51. The maximum absolute atomic E-state index is 12.8. The zero-order valence-electron chi connectivity index (χ0n) is 13.4. The van der Waals surface area contributed by atoms with Gasteiger partial charge < -0.3 is 10.2 Å². The van der Waals surface area contributed by atoms with E-state index in [-0.39, 0.29) is 36.8 Å². The van der Waals surface area contributed by atoms with E-state index in [0.717, 1.165) is 40.8 Å². The zero-order valence-corrected chi connectivity index (χ0v) is 16.6. The van der Waals surface area contributed by atoms with Gasteiger partial charge in [-0.1, -0.05) is 23.7 Å². The molecule has 2 heterocycles. The minimum atomic E-state index is 0. The van der Waals surface area contributed by atoms with E-state index in [2.05, 4.69) is 17.2 Å². The molecule has 8 heteroatoms. The molecule has 1 amide bonds. The number of piperazine rings is 1. The number of hydrogen-bond acceptors (Lipinski definition) is 4. The number of thiazole rings is 1. The number of rotatable bonds is 2. The molecule has 0 unspecified atom stereocenters. The van der Waals surface area contributed by atoms with Gasteiger partial charge in [-0.15, -0.1) is 36.2 Å². The minimum absolute atomic E-state index is 0. The summed E-state index contributed by atoms with van der Waals surface area (Å²) in [5, 5.41) is 4.86. The van der Waals surface area contributed by atoms with Crippen LogP contribution in [-0.4, -0.2) is 41.5 Å². The molecule has 0 spiro atoms. The third-order valence-electron chi connectivity index (χ3n) is 3.84. The van der Waals surface area contributed by atoms with Crippen molar-refractivity contribution in [2.45, 2.75) is 19.9 Å². The first-order chi connectivity index (χ1) is 10.6. The van der Waals surface area contributed by atoms with Gasteiger partial charge in [0.25, 0.3) is 5.91 Å². The number of halogens is 3. The largest absolute Gasteiger partial charge is 0.333 e. The number of nitrogens with zero attached hydrogens (tertiary/aromatic N) is 2. The van der Waals surface area contributed by atoms with E-state index < -0.39 is 0 Å². The third kappa shape index (κ3) is 4.41. The predicted molar refractivity (Wildman–Crippen MR) is 105 cm³/mol. The molecule has 1 aliphatic rings. The number of amides is 1. The van der Waals surface area contributed by atoms with E-state index >= 15 is 0 Å². The van der Waals surface area contributed by atoms with E-state index in [1.807, 2.05) is 36.1 Å². The van der Waals surface area contributed by atoms with Crippen molar-refractivity contribution in [1.29, 1.82) is 0 Å². The summed E-state index contributed by atoms with van der Waals surface area (Å²) in [6, 6.07) is 7.76. The van der Waals surface area contributed by atoms with Gasteiger partial charge in [0.1, 0.15) is 9.88 Å². The summed E-state index contributed by atoms with van der Waals surface area (Å²) >= 11 is 7.38. The van der Waals surface area contributed by atoms with Crippen LogP contribution in [-0.2, 0) is 0 Å². The summed E-state index contributed by atoms with van der Waals surface area (Å²) in [5.41, 5.74) is 1.79. The number of benzene rings is 1. The monoisotopic (exact) mass is 407 g/mol. The Morgan fingerprint density at radius 3 is 2.62 bits per heavy atom. The van der Waals surface area contributed by atoms with E-state index in [9.17, 15) is 4.79 Å². The summed E-state index contributed by atoms with van der Waals surface area (Å²) in [6.07, 6.45) is 0. The number of hydrogen-bond donors (Lipinski definition) is 1. The first kappa shape index (κ1) is 21.2. The van der Waals surface area contributed by atoms with E-state index in [4.69, 9.17) is 11.6 Å². The highest BCUT2D eigenvalue weighted by atomic mass is 35.5. The Hall–Kier alpha value is -0.850. The molecule has 1 aromatic heterocycles. The highest BCUT2D eigenvalue weighted by molar-refractivity contribution is 7.17. The number of aromatic nitrogens is 1. The van der Waals surface area contributed by atoms with Gasteiger partial charge in [0.15, 0.2) is 0 Å². The Kier molecular flexibility index (Phi) is 7.96. The summed E-state index contributed by atoms with van der Waals surface area (Å²) in [4.78, 5) is 20.0. The Morgan fingerprint density at radius 1 is 1.33 bits per heavy atom. The molecule has 1 fully saturated rings. The van der Waals surface area contributed by atoms with Crippen molar-refractivity contribution in [2.75, 3.05) is 19.6 Å². The molecule has 0 aliphatic carbocycles. The lowest BCUT2D eigenvalue weighted by molar-refractivity contribution is 0.0660. The molecule has 1 saturated heterocycles. The molecule has 132 valence electrons. The Morgan fingerprint density at radius 2 is 2.00 bits per heavy atom. The van der Waals surface area contributed by atoms with Crippen molar-refractivity contribution in [2.24, 2.45) is 0 Å². The molecule has 4 nitrogen and oxygen atoms in total.